The van der Waals surface area contributed by atoms with Crippen LogP contribution in [0, 0.1) is 0 Å². The minimum absolute atomic E-state index is 0.245. The highest BCUT2D eigenvalue weighted by Gasteiger charge is 2.49. The zero-order valence-corrected chi connectivity index (χ0v) is 15.0. The predicted molar refractivity (Wildman–Crippen MR) is 94.1 cm³/mol. The van der Waals surface area contributed by atoms with Crippen LogP contribution in [0.3, 0.4) is 0 Å². The largest absolute Gasteiger partial charge is 0.387 e. The number of quaternary nitrogens is 1. The molecular formula is C15H26N7O5+. The number of nitrogens with zero attached hydrogens (tertiary/aromatic N) is 5. The lowest BCUT2D eigenvalue weighted by Gasteiger charge is -2.31. The molecule has 0 aliphatic carbocycles. The average molecular weight is 384 g/mol. The summed E-state index contributed by atoms with van der Waals surface area (Å²) in [4.78, 5) is 27.1. The molecule has 0 saturated carbocycles. The van der Waals surface area contributed by atoms with E-state index in [1.54, 1.807) is 4.90 Å². The molecule has 7 N–H and O–H groups in total. The Hall–Kier alpha value is -1.96. The second-order valence-electron chi connectivity index (χ2n) is 6.90. The zero-order valence-electron chi connectivity index (χ0n) is 15.0. The molecule has 0 radical (unpaired) electrons. The fraction of sp³-hybridized carbons (Fsp3) is 0.733. The number of aliphatic hydroxyl groups is 2. The minimum atomic E-state index is -1.13. The zero-order chi connectivity index (χ0) is 19.6. The number of carbonyl (C=O) groups is 1. The van der Waals surface area contributed by atoms with Crippen LogP contribution in [0.5, 0.6) is 0 Å². The van der Waals surface area contributed by atoms with Crippen molar-refractivity contribution in [2.45, 2.75) is 49.6 Å². The lowest BCUT2D eigenvalue weighted by atomic mass is 10.1. The van der Waals surface area contributed by atoms with Gasteiger partial charge in [-0.15, -0.1) is 5.48 Å². The Kier molecular flexibility index (Phi) is 6.14. The van der Waals surface area contributed by atoms with E-state index < -0.39 is 36.7 Å². The molecule has 0 aromatic heterocycles. The molecule has 3 aliphatic rings. The van der Waals surface area contributed by atoms with Gasteiger partial charge in [0.2, 0.25) is 0 Å². The van der Waals surface area contributed by atoms with Gasteiger partial charge in [-0.2, -0.15) is 0 Å². The van der Waals surface area contributed by atoms with E-state index in [1.807, 2.05) is 11.9 Å². The van der Waals surface area contributed by atoms with Crippen LogP contribution in [0.4, 0.5) is 0 Å². The Bertz CT molecular complexity index is 642. The Balaban J connectivity index is 1.55. The summed E-state index contributed by atoms with van der Waals surface area (Å²) in [6, 6.07) is -0.425. The van der Waals surface area contributed by atoms with Gasteiger partial charge in [-0.1, -0.05) is 0 Å². The molecule has 1 saturated heterocycles. The average Bonchev–Trinajstić information content (AvgIpc) is 3.19. The number of nitrogens with two attached hydrogens (primary N) is 2. The van der Waals surface area contributed by atoms with Crippen LogP contribution in [-0.2, 0) is 9.53 Å². The van der Waals surface area contributed by atoms with Crippen LogP contribution < -0.4 is 11.2 Å². The maximum absolute atomic E-state index is 11.1. The molecule has 12 heteroatoms. The first-order chi connectivity index (χ1) is 12.9. The summed E-state index contributed by atoms with van der Waals surface area (Å²) < 4.78 is 5.90. The molecule has 3 rings (SSSR count). The molecule has 0 bridgehead atoms. The summed E-state index contributed by atoms with van der Waals surface area (Å²) in [7, 11) is 1.83. The van der Waals surface area contributed by atoms with Crippen molar-refractivity contribution in [1.29, 1.82) is 0 Å². The molecule has 0 aromatic carbocycles. The van der Waals surface area contributed by atoms with Gasteiger partial charge < -0.3 is 30.5 Å². The summed E-state index contributed by atoms with van der Waals surface area (Å²) in [5, 5.41) is 29.5. The summed E-state index contributed by atoms with van der Waals surface area (Å²) in [6.45, 7) is 0.956. The number of hydrogen-bond donors (Lipinski definition) is 5. The Morgan fingerprint density at radius 1 is 1.41 bits per heavy atom. The number of primary amides is 1. The van der Waals surface area contributed by atoms with Crippen molar-refractivity contribution in [2.75, 3.05) is 20.1 Å². The van der Waals surface area contributed by atoms with Crippen molar-refractivity contribution in [3.8, 4) is 0 Å². The van der Waals surface area contributed by atoms with Gasteiger partial charge in [0.15, 0.2) is 12.4 Å². The number of aliphatic imine (C=N–C) groups is 3. The summed E-state index contributed by atoms with van der Waals surface area (Å²) in [6.07, 6.45) is -0.383. The molecule has 12 nitrogen and oxygen atoms in total. The van der Waals surface area contributed by atoms with Gasteiger partial charge in [0, 0.05) is 6.54 Å². The van der Waals surface area contributed by atoms with E-state index in [-0.39, 0.29) is 12.3 Å². The fourth-order valence-corrected chi connectivity index (χ4v) is 3.42. The predicted octanol–water partition coefficient (Wildman–Crippen LogP) is -3.94. The molecule has 6 atom stereocenters. The molecule has 1 amide bonds. The quantitative estimate of drug-likeness (QED) is 0.218. The molecule has 0 aromatic rings. The summed E-state index contributed by atoms with van der Waals surface area (Å²) in [5.41, 5.74) is 6.40. The van der Waals surface area contributed by atoms with Gasteiger partial charge in [0.25, 0.3) is 0 Å². The van der Waals surface area contributed by atoms with Gasteiger partial charge in [-0.05, 0) is 20.0 Å². The molecular weight excluding hydrogens is 358 g/mol. The van der Waals surface area contributed by atoms with Crippen molar-refractivity contribution in [3.63, 3.8) is 0 Å². The highest BCUT2D eigenvalue weighted by Crippen LogP contribution is 2.29. The number of hydrogen-bond acceptors (Lipinski definition) is 11. The number of amidine groups is 1. The van der Waals surface area contributed by atoms with E-state index in [2.05, 4.69) is 15.0 Å². The normalized spacial score (nSPS) is 35.0. The first kappa shape index (κ1) is 19.8. The number of rotatable bonds is 7. The summed E-state index contributed by atoms with van der Waals surface area (Å²) >= 11 is 0. The topological polar surface area (TPSA) is 173 Å². The number of ether oxygens (including phenoxy) is 1. The second kappa shape index (κ2) is 8.37. The van der Waals surface area contributed by atoms with E-state index >= 15 is 0 Å². The lowest BCUT2D eigenvalue weighted by molar-refractivity contribution is -0.815. The Labute approximate surface area is 156 Å². The van der Waals surface area contributed by atoms with Gasteiger partial charge in [0.1, 0.15) is 36.5 Å². The van der Waals surface area contributed by atoms with Gasteiger partial charge in [-0.3, -0.25) is 4.99 Å². The van der Waals surface area contributed by atoms with E-state index in [0.29, 0.717) is 30.8 Å². The maximum atomic E-state index is 11.1. The van der Waals surface area contributed by atoms with Crippen LogP contribution in [0.15, 0.2) is 15.0 Å². The highest BCUT2D eigenvalue weighted by molar-refractivity contribution is 5.96. The van der Waals surface area contributed by atoms with E-state index in [9.17, 15) is 15.0 Å². The van der Waals surface area contributed by atoms with E-state index in [0.717, 1.165) is 0 Å². The van der Waals surface area contributed by atoms with E-state index in [1.165, 1.54) is 12.7 Å². The summed E-state index contributed by atoms with van der Waals surface area (Å²) in [5.74, 6) is 0.0162. The SMILES string of the molecule is CN(CCCC(=O)[NH2+]O)CC1OC(N2C=NC3C(N)=NC=NC32)C(O)[C@@H]1O. The van der Waals surface area contributed by atoms with Gasteiger partial charge >= 0.3 is 5.91 Å². The Morgan fingerprint density at radius 2 is 2.19 bits per heavy atom. The molecule has 0 spiro atoms. The third kappa shape index (κ3) is 4.15. The van der Waals surface area contributed by atoms with E-state index in [4.69, 9.17) is 15.7 Å². The molecule has 3 heterocycles. The standard InChI is InChI=1S/C15H25N7O5/c1-21(4-2-3-9(23)20-26)5-8-11(24)12(25)15(27-8)22-7-19-10-13(16)17-6-18-14(10)22/h6-8,10-12,14-15,24-26H,2-5H2,1H3,(H,20,23)(H2,16,17,18)/p+1/t8?,10?,11-,12?,14?,15?/m1/s1. The van der Waals surface area contributed by atoms with Gasteiger partial charge in [-0.25, -0.2) is 20.0 Å². The molecule has 3 aliphatic heterocycles. The number of hydroxylamine groups is 1. The number of fused-ring (bicyclic) bond motifs is 1. The highest BCUT2D eigenvalue weighted by atomic mass is 16.6. The van der Waals surface area contributed by atoms with Crippen molar-refractivity contribution >= 4 is 24.4 Å². The molecule has 1 fully saturated rings. The number of carbonyl (C=O) groups excluding carboxylic acids is 1. The first-order valence-corrected chi connectivity index (χ1v) is 8.78. The number of likely N-dealkylation sites (N-methyl/N-ethyl adjacent to an activating group) is 1. The van der Waals surface area contributed by atoms with Crippen LogP contribution in [0.1, 0.15) is 12.8 Å². The minimum Gasteiger partial charge on any atom is -0.387 e. The van der Waals surface area contributed by atoms with Gasteiger partial charge in [0.05, 0.1) is 12.8 Å². The maximum Gasteiger partial charge on any atom is 0.342 e. The van der Waals surface area contributed by atoms with Crippen molar-refractivity contribution in [3.05, 3.63) is 0 Å². The van der Waals surface area contributed by atoms with Crippen molar-refractivity contribution in [2.24, 2.45) is 20.7 Å². The van der Waals surface area contributed by atoms with Crippen LogP contribution in [-0.4, -0.2) is 107 Å². The molecule has 5 unspecified atom stereocenters. The molecule has 150 valence electrons. The number of aliphatic hydroxyl groups excluding tert-OH is 2. The van der Waals surface area contributed by atoms with Crippen LogP contribution in [0.25, 0.3) is 0 Å². The van der Waals surface area contributed by atoms with Crippen molar-refractivity contribution < 1.29 is 30.4 Å². The third-order valence-corrected chi connectivity index (χ3v) is 4.91. The Morgan fingerprint density at radius 3 is 2.93 bits per heavy atom. The van der Waals surface area contributed by atoms with Crippen LogP contribution in [0.2, 0.25) is 0 Å². The molecule has 27 heavy (non-hydrogen) atoms. The first-order valence-electron chi connectivity index (χ1n) is 8.78. The lowest BCUT2D eigenvalue weighted by Crippen LogP contribution is -2.84. The van der Waals surface area contributed by atoms with Crippen LogP contribution >= 0.6 is 0 Å². The third-order valence-electron chi connectivity index (χ3n) is 4.91. The smallest absolute Gasteiger partial charge is 0.342 e. The monoisotopic (exact) mass is 384 g/mol. The fourth-order valence-electron chi connectivity index (χ4n) is 3.42. The van der Waals surface area contributed by atoms with Crippen molar-refractivity contribution in [1.82, 2.24) is 9.80 Å². The number of amides is 1. The second-order valence-corrected chi connectivity index (χ2v) is 6.90.